The second-order valence-corrected chi connectivity index (χ2v) is 8.19. The number of aryl methyl sites for hydroxylation is 1. The number of piperidine rings is 1. The summed E-state index contributed by atoms with van der Waals surface area (Å²) in [7, 11) is 1.90. The van der Waals surface area contributed by atoms with E-state index < -0.39 is 0 Å². The number of pyridine rings is 2. The van der Waals surface area contributed by atoms with E-state index in [0.717, 1.165) is 53.5 Å². The van der Waals surface area contributed by atoms with Gasteiger partial charge in [0.1, 0.15) is 6.10 Å². The van der Waals surface area contributed by atoms with Gasteiger partial charge in [0.05, 0.1) is 12.6 Å². The van der Waals surface area contributed by atoms with Crippen LogP contribution in [0.3, 0.4) is 0 Å². The number of nitrogens with one attached hydrogen (secondary N) is 1. The van der Waals surface area contributed by atoms with Crippen molar-refractivity contribution in [3.05, 3.63) is 72.4 Å². The molecule has 3 aromatic heterocycles. The molecule has 1 aromatic carbocycles. The lowest BCUT2D eigenvalue weighted by atomic mass is 10.0. The van der Waals surface area contributed by atoms with E-state index in [1.807, 2.05) is 37.8 Å². The van der Waals surface area contributed by atoms with E-state index in [1.54, 1.807) is 23.0 Å². The molecule has 0 atom stereocenters. The zero-order valence-corrected chi connectivity index (χ0v) is 18.0. The number of ketones is 1. The zero-order valence-electron chi connectivity index (χ0n) is 18.0. The monoisotopic (exact) mass is 427 g/mol. The third-order valence-electron chi connectivity index (χ3n) is 5.79. The summed E-state index contributed by atoms with van der Waals surface area (Å²) in [6.07, 6.45) is 9.55. The van der Waals surface area contributed by atoms with E-state index in [1.165, 1.54) is 0 Å². The van der Waals surface area contributed by atoms with Crippen molar-refractivity contribution in [1.29, 1.82) is 0 Å². The third kappa shape index (κ3) is 4.53. The van der Waals surface area contributed by atoms with Crippen molar-refractivity contribution in [3.63, 3.8) is 0 Å². The van der Waals surface area contributed by atoms with Gasteiger partial charge in [-0.05, 0) is 55.1 Å². The second kappa shape index (κ2) is 8.88. The second-order valence-electron chi connectivity index (χ2n) is 8.19. The lowest BCUT2D eigenvalue weighted by Gasteiger charge is -2.23. The van der Waals surface area contributed by atoms with E-state index in [0.29, 0.717) is 11.4 Å². The van der Waals surface area contributed by atoms with Crippen LogP contribution in [0.25, 0.3) is 21.9 Å². The maximum Gasteiger partial charge on any atom is 0.214 e. The summed E-state index contributed by atoms with van der Waals surface area (Å²) in [5.41, 5.74) is 3.48. The summed E-state index contributed by atoms with van der Waals surface area (Å²) in [6, 6.07) is 11.7. The highest BCUT2D eigenvalue weighted by molar-refractivity contribution is 5.98. The summed E-state index contributed by atoms with van der Waals surface area (Å²) in [5, 5.41) is 9.65. The highest BCUT2D eigenvalue weighted by atomic mass is 16.5. The largest absolute Gasteiger partial charge is 0.474 e. The smallest absolute Gasteiger partial charge is 0.214 e. The third-order valence-corrected chi connectivity index (χ3v) is 5.79. The van der Waals surface area contributed by atoms with Crippen LogP contribution in [0.15, 0.2) is 61.2 Å². The van der Waals surface area contributed by atoms with Crippen molar-refractivity contribution in [1.82, 2.24) is 25.1 Å². The Labute approximate surface area is 186 Å². The molecule has 0 bridgehead atoms. The first-order chi connectivity index (χ1) is 15.6. The predicted octanol–water partition coefficient (Wildman–Crippen LogP) is 3.59. The molecular formula is C25H25N5O2. The van der Waals surface area contributed by atoms with Crippen LogP contribution in [0.5, 0.6) is 5.88 Å². The molecule has 1 saturated heterocycles. The Morgan fingerprint density at radius 3 is 2.75 bits per heavy atom. The summed E-state index contributed by atoms with van der Waals surface area (Å²) < 4.78 is 7.77. The number of carbonyl (C=O) groups is 1. The Morgan fingerprint density at radius 1 is 1.06 bits per heavy atom. The summed E-state index contributed by atoms with van der Waals surface area (Å²) >= 11 is 0. The van der Waals surface area contributed by atoms with Crippen LogP contribution in [-0.2, 0) is 13.5 Å². The normalized spacial score (nSPS) is 14.5. The van der Waals surface area contributed by atoms with Crippen LogP contribution in [0, 0.1) is 0 Å². The van der Waals surface area contributed by atoms with Crippen molar-refractivity contribution in [3.8, 4) is 17.0 Å². The number of aromatic nitrogens is 4. The first-order valence-corrected chi connectivity index (χ1v) is 10.9. The molecule has 162 valence electrons. The van der Waals surface area contributed by atoms with Crippen molar-refractivity contribution in [2.75, 3.05) is 13.1 Å². The fourth-order valence-corrected chi connectivity index (χ4v) is 4.03. The Balaban J connectivity index is 1.33. The minimum absolute atomic E-state index is 0.00201. The minimum Gasteiger partial charge on any atom is -0.474 e. The van der Waals surface area contributed by atoms with Crippen molar-refractivity contribution < 1.29 is 9.53 Å². The molecule has 32 heavy (non-hydrogen) atoms. The fourth-order valence-electron chi connectivity index (χ4n) is 4.03. The molecule has 7 nitrogen and oxygen atoms in total. The highest BCUT2D eigenvalue weighted by Crippen LogP contribution is 2.25. The van der Waals surface area contributed by atoms with Gasteiger partial charge in [0, 0.05) is 53.9 Å². The number of fused-ring (bicyclic) bond motifs is 1. The summed E-state index contributed by atoms with van der Waals surface area (Å²) in [4.78, 5) is 21.7. The molecular weight excluding hydrogens is 402 g/mol. The van der Waals surface area contributed by atoms with Crippen molar-refractivity contribution in [2.24, 2.45) is 7.05 Å². The summed E-state index contributed by atoms with van der Waals surface area (Å²) in [5.74, 6) is 0.508. The maximum atomic E-state index is 12.9. The molecule has 1 fully saturated rings. The molecule has 4 heterocycles. The molecule has 0 aliphatic carbocycles. The zero-order chi connectivity index (χ0) is 21.9. The van der Waals surface area contributed by atoms with Crippen molar-refractivity contribution in [2.45, 2.75) is 25.4 Å². The molecule has 0 saturated carbocycles. The molecule has 1 aliphatic heterocycles. The van der Waals surface area contributed by atoms with Crippen LogP contribution in [0.1, 0.15) is 28.9 Å². The van der Waals surface area contributed by atoms with E-state index >= 15 is 0 Å². The van der Waals surface area contributed by atoms with Gasteiger partial charge in [0.15, 0.2) is 5.78 Å². The molecule has 0 amide bonds. The van der Waals surface area contributed by atoms with E-state index in [9.17, 15) is 4.79 Å². The van der Waals surface area contributed by atoms with Gasteiger partial charge in [-0.2, -0.15) is 5.10 Å². The first-order valence-electron chi connectivity index (χ1n) is 10.9. The quantitative estimate of drug-likeness (QED) is 0.474. The molecule has 5 rings (SSSR count). The molecule has 7 heteroatoms. The van der Waals surface area contributed by atoms with Gasteiger partial charge in [-0.25, -0.2) is 4.98 Å². The maximum absolute atomic E-state index is 12.9. The molecule has 0 spiro atoms. The van der Waals surface area contributed by atoms with Crippen molar-refractivity contribution >= 4 is 16.6 Å². The molecule has 4 aromatic rings. The topological polar surface area (TPSA) is 81.9 Å². The number of hydrogen-bond donors (Lipinski definition) is 1. The predicted molar refractivity (Wildman–Crippen MR) is 123 cm³/mol. The number of rotatable bonds is 6. The van der Waals surface area contributed by atoms with Gasteiger partial charge in [-0.1, -0.05) is 12.1 Å². The average Bonchev–Trinajstić information content (AvgIpc) is 3.26. The van der Waals surface area contributed by atoms with Gasteiger partial charge in [-0.15, -0.1) is 0 Å². The van der Waals surface area contributed by atoms with E-state index in [-0.39, 0.29) is 18.3 Å². The number of nitrogens with zero attached hydrogens (tertiary/aromatic N) is 4. The van der Waals surface area contributed by atoms with Crippen LogP contribution >= 0.6 is 0 Å². The number of benzene rings is 1. The lowest BCUT2D eigenvalue weighted by molar-refractivity contribution is 0.0990. The molecule has 1 aliphatic rings. The Hall–Kier alpha value is -3.58. The number of hydrogen-bond acceptors (Lipinski definition) is 6. The Bertz CT molecular complexity index is 1260. The fraction of sp³-hybridized carbons (Fsp3) is 0.280. The van der Waals surface area contributed by atoms with Crippen LogP contribution in [0.2, 0.25) is 0 Å². The number of ether oxygens (including phenoxy) is 1. The van der Waals surface area contributed by atoms with Gasteiger partial charge in [-0.3, -0.25) is 14.5 Å². The van der Waals surface area contributed by atoms with Gasteiger partial charge in [0.2, 0.25) is 5.88 Å². The van der Waals surface area contributed by atoms with Crippen LogP contribution < -0.4 is 10.1 Å². The number of carbonyl (C=O) groups excluding carboxylic acids is 1. The SMILES string of the molecule is Cn1cc(-c2ccc3cnc(CC(=O)c4ccnc(OC5CCNCC5)c4)cc3c2)cn1. The van der Waals surface area contributed by atoms with Gasteiger partial charge in [0.25, 0.3) is 0 Å². The molecule has 0 radical (unpaired) electrons. The lowest BCUT2D eigenvalue weighted by Crippen LogP contribution is -2.34. The molecule has 1 N–H and O–H groups in total. The van der Waals surface area contributed by atoms with Crippen LogP contribution in [-0.4, -0.2) is 44.7 Å². The standard InChI is InChI=1S/C25H25N5O2/c1-30-16-21(15-29-30)17-2-3-19-14-28-22(11-20(19)10-17)13-24(31)18-4-9-27-25(12-18)32-23-5-7-26-8-6-23/h2-4,9-12,14-16,23,26H,5-8,13H2,1H3. The van der Waals surface area contributed by atoms with Gasteiger partial charge >= 0.3 is 0 Å². The van der Waals surface area contributed by atoms with E-state index in [4.69, 9.17) is 4.74 Å². The van der Waals surface area contributed by atoms with Gasteiger partial charge < -0.3 is 10.1 Å². The Morgan fingerprint density at radius 2 is 1.94 bits per heavy atom. The first kappa shape index (κ1) is 20.3. The Kier molecular flexibility index (Phi) is 5.64. The minimum atomic E-state index is -0.00201. The summed E-state index contributed by atoms with van der Waals surface area (Å²) in [6.45, 7) is 1.89. The highest BCUT2D eigenvalue weighted by Gasteiger charge is 2.16. The van der Waals surface area contributed by atoms with E-state index in [2.05, 4.69) is 32.5 Å². The molecule has 0 unspecified atom stereocenters. The number of Topliss-reactive ketones (excluding diaryl/α,β-unsaturated/α-hetero) is 1. The van der Waals surface area contributed by atoms with Crippen LogP contribution in [0.4, 0.5) is 0 Å². The average molecular weight is 428 g/mol.